The van der Waals surface area contributed by atoms with Gasteiger partial charge in [0.1, 0.15) is 0 Å². The quantitative estimate of drug-likeness (QED) is 0.226. The van der Waals surface area contributed by atoms with Crippen LogP contribution in [0.2, 0.25) is 0 Å². The second kappa shape index (κ2) is 35.8. The Kier molecular flexibility index (Phi) is 70.4. The van der Waals surface area contributed by atoms with Gasteiger partial charge >= 0.3 is 6.16 Å². The predicted octanol–water partition coefficient (Wildman–Crippen LogP) is -1.11. The summed E-state index contributed by atoms with van der Waals surface area (Å²) in [5.74, 6) is 7.00. The molecule has 0 aliphatic heterocycles. The molecular formula is CH8N2O5. The number of carboxylic acid groups (broad SMARTS) is 2. The van der Waals surface area contributed by atoms with Crippen LogP contribution < -0.4 is 11.8 Å². The maximum atomic E-state index is 8.56. The zero-order chi connectivity index (χ0) is 7.58. The Hall–Kier alpha value is -0.890. The number of nitrogens with two attached hydrogens (primary N) is 2. The third kappa shape index (κ3) is 109. The topological polar surface area (TPSA) is 150 Å². The van der Waals surface area contributed by atoms with Gasteiger partial charge in [0.15, 0.2) is 0 Å². The van der Waals surface area contributed by atoms with E-state index in [1.807, 2.05) is 0 Å². The van der Waals surface area contributed by atoms with Gasteiger partial charge in [0, 0.05) is 0 Å². The lowest BCUT2D eigenvalue weighted by molar-refractivity contribution is 0.137. The van der Waals surface area contributed by atoms with Crippen LogP contribution in [-0.2, 0) is 0 Å². The third-order valence-corrected chi connectivity index (χ3v) is 0. The minimum absolute atomic E-state index is 1.83. The van der Waals surface area contributed by atoms with Crippen LogP contribution >= 0.6 is 0 Å². The Labute approximate surface area is 44.7 Å². The Balaban J connectivity index is -0.0000000542. The first-order valence-corrected chi connectivity index (χ1v) is 1.17. The summed E-state index contributed by atoms with van der Waals surface area (Å²) in [5, 5.41) is 26.9. The van der Waals surface area contributed by atoms with E-state index >= 15 is 0 Å². The molecular weight excluding hydrogens is 120 g/mol. The van der Waals surface area contributed by atoms with Crippen molar-refractivity contribution in [1.82, 2.24) is 0 Å². The summed E-state index contributed by atoms with van der Waals surface area (Å²) in [4.78, 5) is 8.56. The third-order valence-electron chi connectivity index (χ3n) is 0. The van der Waals surface area contributed by atoms with Crippen molar-refractivity contribution in [1.29, 1.82) is 0 Å². The van der Waals surface area contributed by atoms with Gasteiger partial charge in [-0.05, 0) is 0 Å². The highest BCUT2D eigenvalue weighted by Crippen LogP contribution is 1.42. The van der Waals surface area contributed by atoms with Crippen LogP contribution in [0.5, 0.6) is 0 Å². The highest BCUT2D eigenvalue weighted by Gasteiger charge is 1.70. The molecule has 8 heavy (non-hydrogen) atoms. The molecule has 7 heteroatoms. The zero-order valence-electron chi connectivity index (χ0n) is 3.85. The Morgan fingerprint density at radius 2 is 1.00 bits per heavy atom. The average molecular weight is 128 g/mol. The van der Waals surface area contributed by atoms with Crippen LogP contribution in [0, 0.1) is 0 Å². The monoisotopic (exact) mass is 128 g/mol. The standard InChI is InChI=1S/CH2O3.2H3NO/c2-1(3)4;2*1-2/h(H2,2,3,4);2*2H,1H2. The highest BCUT2D eigenvalue weighted by atomic mass is 16.6. The second-order valence-electron chi connectivity index (χ2n) is 0.283. The van der Waals surface area contributed by atoms with E-state index in [0.717, 1.165) is 0 Å². The van der Waals surface area contributed by atoms with Gasteiger partial charge in [-0.2, -0.15) is 0 Å². The van der Waals surface area contributed by atoms with Gasteiger partial charge < -0.3 is 20.6 Å². The Morgan fingerprint density at radius 1 is 1.00 bits per heavy atom. The van der Waals surface area contributed by atoms with Crippen molar-refractivity contribution in [2.24, 2.45) is 11.8 Å². The molecule has 0 aliphatic carbocycles. The molecule has 0 atom stereocenters. The van der Waals surface area contributed by atoms with E-state index in [9.17, 15) is 0 Å². The van der Waals surface area contributed by atoms with Crippen LogP contribution in [-0.4, -0.2) is 26.8 Å². The molecule has 8 N–H and O–H groups in total. The maximum absolute atomic E-state index is 8.56. The van der Waals surface area contributed by atoms with E-state index in [2.05, 4.69) is 11.8 Å². The fourth-order valence-corrected chi connectivity index (χ4v) is 0. The molecule has 0 fully saturated rings. The molecule has 0 rings (SSSR count). The number of rotatable bonds is 0. The van der Waals surface area contributed by atoms with E-state index in [4.69, 9.17) is 25.4 Å². The predicted molar refractivity (Wildman–Crippen MR) is 22.6 cm³/mol. The lowest BCUT2D eigenvalue weighted by Crippen LogP contribution is -1.81. The molecule has 0 bridgehead atoms. The lowest BCUT2D eigenvalue weighted by atomic mass is 11.5. The minimum Gasteiger partial charge on any atom is -0.450 e. The second-order valence-corrected chi connectivity index (χ2v) is 0.283. The van der Waals surface area contributed by atoms with Crippen LogP contribution in [0.1, 0.15) is 0 Å². The molecule has 0 aromatic rings. The molecule has 0 aromatic heterocycles. The minimum atomic E-state index is -1.83. The van der Waals surface area contributed by atoms with E-state index < -0.39 is 6.16 Å². The first kappa shape index (κ1) is 15.7. The normalized spacial score (nSPS) is 4.50. The largest absolute Gasteiger partial charge is 0.503 e. The summed E-state index contributed by atoms with van der Waals surface area (Å²) in [6.07, 6.45) is -1.83. The summed E-state index contributed by atoms with van der Waals surface area (Å²) in [6.45, 7) is 0. The molecule has 0 radical (unpaired) electrons. The van der Waals surface area contributed by atoms with Crippen molar-refractivity contribution in [3.8, 4) is 0 Å². The van der Waals surface area contributed by atoms with Crippen molar-refractivity contribution in [2.75, 3.05) is 0 Å². The van der Waals surface area contributed by atoms with Crippen molar-refractivity contribution in [3.05, 3.63) is 0 Å². The van der Waals surface area contributed by atoms with Gasteiger partial charge in [0.25, 0.3) is 0 Å². The van der Waals surface area contributed by atoms with E-state index in [-0.39, 0.29) is 0 Å². The Bertz CT molecular complexity index is 33.4. The molecule has 0 spiro atoms. The first-order valence-electron chi connectivity index (χ1n) is 1.17. The molecule has 7 nitrogen and oxygen atoms in total. The van der Waals surface area contributed by atoms with Crippen molar-refractivity contribution in [2.45, 2.75) is 0 Å². The molecule has 0 amide bonds. The van der Waals surface area contributed by atoms with Crippen LogP contribution in [0.3, 0.4) is 0 Å². The van der Waals surface area contributed by atoms with Crippen molar-refractivity contribution < 1.29 is 25.4 Å². The van der Waals surface area contributed by atoms with Gasteiger partial charge in [-0.3, -0.25) is 0 Å². The summed E-state index contributed by atoms with van der Waals surface area (Å²) in [7, 11) is 0. The highest BCUT2D eigenvalue weighted by molar-refractivity contribution is 5.53. The molecule has 0 aromatic carbocycles. The van der Waals surface area contributed by atoms with Crippen LogP contribution in [0.4, 0.5) is 4.79 Å². The fourth-order valence-electron chi connectivity index (χ4n) is 0. The molecule has 0 aliphatic rings. The van der Waals surface area contributed by atoms with Gasteiger partial charge in [-0.25, -0.2) is 16.6 Å². The molecule has 52 valence electrons. The van der Waals surface area contributed by atoms with Gasteiger partial charge in [0.2, 0.25) is 0 Å². The molecule has 0 saturated heterocycles. The molecule has 0 saturated carbocycles. The van der Waals surface area contributed by atoms with E-state index in [0.29, 0.717) is 0 Å². The molecule has 0 heterocycles. The number of hydrogen-bond donors (Lipinski definition) is 6. The van der Waals surface area contributed by atoms with E-state index in [1.165, 1.54) is 0 Å². The smallest absolute Gasteiger partial charge is 0.450 e. The van der Waals surface area contributed by atoms with Crippen molar-refractivity contribution >= 4 is 6.16 Å². The average Bonchev–Trinajstić information content (AvgIpc) is 1.75. The van der Waals surface area contributed by atoms with Crippen LogP contribution in [0.15, 0.2) is 0 Å². The van der Waals surface area contributed by atoms with Gasteiger partial charge in [0.05, 0.1) is 0 Å². The van der Waals surface area contributed by atoms with E-state index in [1.54, 1.807) is 0 Å². The van der Waals surface area contributed by atoms with Gasteiger partial charge in [-0.15, -0.1) is 0 Å². The summed E-state index contributed by atoms with van der Waals surface area (Å²) in [6, 6.07) is 0. The maximum Gasteiger partial charge on any atom is 0.503 e. The van der Waals surface area contributed by atoms with Crippen molar-refractivity contribution in [3.63, 3.8) is 0 Å². The number of carbonyl (C=O) groups is 1. The van der Waals surface area contributed by atoms with Gasteiger partial charge in [-0.1, -0.05) is 0 Å². The number of hydrogen-bond acceptors (Lipinski definition) is 5. The Morgan fingerprint density at radius 3 is 1.00 bits per heavy atom. The SMILES string of the molecule is NO.NO.O=C(O)O. The summed E-state index contributed by atoms with van der Waals surface area (Å²) < 4.78 is 0. The summed E-state index contributed by atoms with van der Waals surface area (Å²) >= 11 is 0. The first-order chi connectivity index (χ1) is 3.73. The lowest BCUT2D eigenvalue weighted by Gasteiger charge is -1.60. The summed E-state index contributed by atoms with van der Waals surface area (Å²) in [5.41, 5.74) is 0. The zero-order valence-corrected chi connectivity index (χ0v) is 3.85. The molecule has 0 unspecified atom stereocenters. The fraction of sp³-hybridized carbons (Fsp3) is 0. The van der Waals surface area contributed by atoms with Crippen LogP contribution in [0.25, 0.3) is 0 Å².